The number of ether oxygens (including phenoxy) is 1. The molecule has 1 aromatic carbocycles. The van der Waals surface area contributed by atoms with Gasteiger partial charge in [-0.25, -0.2) is 4.98 Å². The van der Waals surface area contributed by atoms with Crippen molar-refractivity contribution in [2.75, 3.05) is 7.11 Å². The van der Waals surface area contributed by atoms with Crippen LogP contribution in [-0.2, 0) is 24.4 Å². The molecule has 18 heavy (non-hydrogen) atoms. The predicted octanol–water partition coefficient (Wildman–Crippen LogP) is 2.15. The average Bonchev–Trinajstić information content (AvgIpc) is 2.78. The van der Waals surface area contributed by atoms with Gasteiger partial charge < -0.3 is 15.0 Å². The topological polar surface area (TPSA) is 49.9 Å². The first-order valence-electron chi connectivity index (χ1n) is 6.06. The van der Waals surface area contributed by atoms with Crippen LogP contribution in [0.25, 0.3) is 0 Å². The van der Waals surface area contributed by atoms with E-state index in [1.54, 1.807) is 7.11 Å². The summed E-state index contributed by atoms with van der Waals surface area (Å²) < 4.78 is 5.19. The molecule has 0 aliphatic heterocycles. The van der Waals surface area contributed by atoms with E-state index in [-0.39, 0.29) is 0 Å². The minimum absolute atomic E-state index is 0.654. The van der Waals surface area contributed by atoms with Crippen molar-refractivity contribution in [3.8, 4) is 0 Å². The van der Waals surface area contributed by atoms with Crippen LogP contribution in [0.15, 0.2) is 30.5 Å². The van der Waals surface area contributed by atoms with Crippen molar-refractivity contribution < 1.29 is 4.74 Å². The number of aromatic nitrogens is 2. The van der Waals surface area contributed by atoms with E-state index < -0.39 is 0 Å². The molecule has 1 aromatic heterocycles. The van der Waals surface area contributed by atoms with Crippen LogP contribution in [0.2, 0.25) is 0 Å². The standard InChI is InChI=1S/C14H19N3O/c1-11-16-9-14(17-11)8-15-7-12-5-3-4-6-13(12)10-18-2/h3-6,9,15H,7-8,10H2,1-2H3,(H,16,17). The number of aryl methyl sites for hydroxylation is 1. The second-order valence-electron chi connectivity index (χ2n) is 4.30. The Balaban J connectivity index is 1.89. The summed E-state index contributed by atoms with van der Waals surface area (Å²) in [5, 5.41) is 3.40. The molecule has 1 heterocycles. The van der Waals surface area contributed by atoms with E-state index in [2.05, 4.69) is 33.5 Å². The van der Waals surface area contributed by atoms with Crippen molar-refractivity contribution in [1.82, 2.24) is 15.3 Å². The molecule has 0 unspecified atom stereocenters. The lowest BCUT2D eigenvalue weighted by Crippen LogP contribution is -2.14. The second kappa shape index (κ2) is 6.33. The molecule has 0 amide bonds. The summed E-state index contributed by atoms with van der Waals surface area (Å²) in [5.41, 5.74) is 3.61. The molecule has 4 nitrogen and oxygen atoms in total. The zero-order valence-electron chi connectivity index (χ0n) is 10.9. The number of nitrogens with one attached hydrogen (secondary N) is 2. The van der Waals surface area contributed by atoms with E-state index in [0.29, 0.717) is 6.61 Å². The number of nitrogens with zero attached hydrogens (tertiary/aromatic N) is 1. The van der Waals surface area contributed by atoms with Gasteiger partial charge in [0.1, 0.15) is 5.82 Å². The van der Waals surface area contributed by atoms with Crippen LogP contribution in [0.4, 0.5) is 0 Å². The van der Waals surface area contributed by atoms with Crippen molar-refractivity contribution in [2.45, 2.75) is 26.6 Å². The second-order valence-corrected chi connectivity index (χ2v) is 4.30. The molecule has 4 heteroatoms. The molecule has 96 valence electrons. The maximum Gasteiger partial charge on any atom is 0.103 e. The molecule has 0 bridgehead atoms. The molecule has 2 aromatic rings. The van der Waals surface area contributed by atoms with Crippen LogP contribution in [0.1, 0.15) is 22.6 Å². The summed E-state index contributed by atoms with van der Waals surface area (Å²) >= 11 is 0. The largest absolute Gasteiger partial charge is 0.380 e. The number of benzene rings is 1. The van der Waals surface area contributed by atoms with E-state index in [4.69, 9.17) is 4.74 Å². The SMILES string of the molecule is COCc1ccccc1CNCc1cnc(C)[nH]1. The summed E-state index contributed by atoms with van der Waals surface area (Å²) in [5.74, 6) is 0.951. The van der Waals surface area contributed by atoms with Gasteiger partial charge in [0.2, 0.25) is 0 Å². The third-order valence-corrected chi connectivity index (χ3v) is 2.80. The first-order chi connectivity index (χ1) is 8.79. The highest BCUT2D eigenvalue weighted by Gasteiger charge is 2.01. The van der Waals surface area contributed by atoms with Crippen molar-refractivity contribution in [2.24, 2.45) is 0 Å². The van der Waals surface area contributed by atoms with Crippen molar-refractivity contribution in [3.05, 3.63) is 53.1 Å². The molecular formula is C14H19N3O. The van der Waals surface area contributed by atoms with E-state index >= 15 is 0 Å². The Kier molecular flexibility index (Phi) is 4.50. The summed E-state index contributed by atoms with van der Waals surface area (Å²) in [6, 6.07) is 8.31. The summed E-state index contributed by atoms with van der Waals surface area (Å²) in [6.07, 6.45) is 1.86. The van der Waals surface area contributed by atoms with Gasteiger partial charge in [-0.1, -0.05) is 24.3 Å². The lowest BCUT2D eigenvalue weighted by atomic mass is 10.1. The Bertz CT molecular complexity index is 493. The third kappa shape index (κ3) is 3.42. The third-order valence-electron chi connectivity index (χ3n) is 2.80. The van der Waals surface area contributed by atoms with Crippen molar-refractivity contribution >= 4 is 0 Å². The molecule has 0 saturated carbocycles. The van der Waals surface area contributed by atoms with Gasteiger partial charge in [-0.2, -0.15) is 0 Å². The van der Waals surface area contributed by atoms with Crippen LogP contribution in [0.5, 0.6) is 0 Å². The molecule has 0 radical (unpaired) electrons. The fraction of sp³-hybridized carbons (Fsp3) is 0.357. The van der Waals surface area contributed by atoms with Gasteiger partial charge >= 0.3 is 0 Å². The number of rotatable bonds is 6. The molecular weight excluding hydrogens is 226 g/mol. The number of methoxy groups -OCH3 is 1. The highest BCUT2D eigenvalue weighted by Crippen LogP contribution is 2.09. The Morgan fingerprint density at radius 3 is 2.67 bits per heavy atom. The lowest BCUT2D eigenvalue weighted by molar-refractivity contribution is 0.184. The zero-order chi connectivity index (χ0) is 12.8. The fourth-order valence-corrected chi connectivity index (χ4v) is 1.92. The molecule has 0 aliphatic rings. The van der Waals surface area contributed by atoms with Gasteiger partial charge in [-0.3, -0.25) is 0 Å². The number of imidazole rings is 1. The minimum Gasteiger partial charge on any atom is -0.380 e. The van der Waals surface area contributed by atoms with Gasteiger partial charge in [-0.15, -0.1) is 0 Å². The molecule has 0 fully saturated rings. The number of hydrogen-bond acceptors (Lipinski definition) is 3. The van der Waals surface area contributed by atoms with Gasteiger partial charge in [0, 0.05) is 32.1 Å². The van der Waals surface area contributed by atoms with Gasteiger partial charge in [0.15, 0.2) is 0 Å². The van der Waals surface area contributed by atoms with Gasteiger partial charge in [0.25, 0.3) is 0 Å². The Labute approximate surface area is 107 Å². The Morgan fingerprint density at radius 1 is 1.22 bits per heavy atom. The smallest absolute Gasteiger partial charge is 0.103 e. The average molecular weight is 245 g/mol. The summed E-state index contributed by atoms with van der Waals surface area (Å²) in [7, 11) is 1.72. The van der Waals surface area contributed by atoms with E-state index in [1.807, 2.05) is 19.2 Å². The Morgan fingerprint density at radius 2 is 2.00 bits per heavy atom. The van der Waals surface area contributed by atoms with E-state index in [9.17, 15) is 0 Å². The fourth-order valence-electron chi connectivity index (χ4n) is 1.92. The highest BCUT2D eigenvalue weighted by atomic mass is 16.5. The molecule has 0 atom stereocenters. The maximum atomic E-state index is 5.19. The molecule has 2 N–H and O–H groups in total. The normalized spacial score (nSPS) is 10.8. The first-order valence-corrected chi connectivity index (χ1v) is 6.06. The van der Waals surface area contributed by atoms with Gasteiger partial charge in [0.05, 0.1) is 6.61 Å². The minimum atomic E-state index is 0.654. The Hall–Kier alpha value is -1.65. The monoisotopic (exact) mass is 245 g/mol. The van der Waals surface area contributed by atoms with E-state index in [1.165, 1.54) is 11.1 Å². The van der Waals surface area contributed by atoms with Crippen LogP contribution in [0.3, 0.4) is 0 Å². The molecule has 0 aliphatic carbocycles. The van der Waals surface area contributed by atoms with Crippen LogP contribution in [-0.4, -0.2) is 17.1 Å². The maximum absolute atomic E-state index is 5.19. The first kappa shape index (κ1) is 12.8. The number of hydrogen-bond donors (Lipinski definition) is 2. The lowest BCUT2D eigenvalue weighted by Gasteiger charge is -2.09. The van der Waals surface area contributed by atoms with E-state index in [0.717, 1.165) is 24.6 Å². The van der Waals surface area contributed by atoms with Crippen LogP contribution >= 0.6 is 0 Å². The van der Waals surface area contributed by atoms with Crippen molar-refractivity contribution in [3.63, 3.8) is 0 Å². The molecule has 2 rings (SSSR count). The van der Waals surface area contributed by atoms with Crippen LogP contribution < -0.4 is 5.32 Å². The zero-order valence-corrected chi connectivity index (χ0v) is 10.9. The quantitative estimate of drug-likeness (QED) is 0.820. The summed E-state index contributed by atoms with van der Waals surface area (Å²) in [4.78, 5) is 7.38. The van der Waals surface area contributed by atoms with Crippen molar-refractivity contribution in [1.29, 1.82) is 0 Å². The van der Waals surface area contributed by atoms with Gasteiger partial charge in [-0.05, 0) is 18.1 Å². The van der Waals surface area contributed by atoms with Crippen LogP contribution in [0, 0.1) is 6.92 Å². The molecule has 0 saturated heterocycles. The number of aromatic amines is 1. The molecule has 0 spiro atoms. The number of H-pyrrole nitrogens is 1. The highest BCUT2D eigenvalue weighted by molar-refractivity contribution is 5.26. The predicted molar refractivity (Wildman–Crippen MR) is 71.0 cm³/mol. The summed E-state index contributed by atoms with van der Waals surface area (Å²) in [6.45, 7) is 4.23.